The number of hydrogen-bond donors (Lipinski definition) is 0. The molecule has 1 aliphatic heterocycles. The molecule has 136 valence electrons. The zero-order valence-electron chi connectivity index (χ0n) is 14.7. The number of ether oxygens (including phenoxy) is 1. The molecule has 0 bridgehead atoms. The van der Waals surface area contributed by atoms with Gasteiger partial charge >= 0.3 is 5.97 Å². The van der Waals surface area contributed by atoms with Gasteiger partial charge in [-0.25, -0.2) is 4.79 Å². The maximum absolute atomic E-state index is 12.5. The van der Waals surface area contributed by atoms with E-state index in [4.69, 9.17) is 16.3 Å². The van der Waals surface area contributed by atoms with Gasteiger partial charge in [-0.2, -0.15) is 0 Å². The van der Waals surface area contributed by atoms with E-state index in [0.29, 0.717) is 30.1 Å². The standard InChI is InChI=1S/C20H21ClN2O3/c1-26-20(25)16-3-2-4-18(14-16)22-9-11-23(12-10-22)19(24)13-15-5-7-17(21)8-6-15/h2-8,14H,9-13H2,1H3. The molecule has 1 fully saturated rings. The Morgan fingerprint density at radius 2 is 1.73 bits per heavy atom. The second-order valence-corrected chi connectivity index (χ2v) is 6.65. The highest BCUT2D eigenvalue weighted by atomic mass is 35.5. The van der Waals surface area contributed by atoms with E-state index < -0.39 is 0 Å². The molecule has 2 aromatic carbocycles. The molecule has 1 saturated heterocycles. The van der Waals surface area contributed by atoms with Crippen molar-refractivity contribution in [1.29, 1.82) is 0 Å². The van der Waals surface area contributed by atoms with Gasteiger partial charge in [0.05, 0.1) is 19.1 Å². The minimum absolute atomic E-state index is 0.121. The lowest BCUT2D eigenvalue weighted by Gasteiger charge is -2.36. The molecular weight excluding hydrogens is 352 g/mol. The van der Waals surface area contributed by atoms with Crippen molar-refractivity contribution < 1.29 is 14.3 Å². The second-order valence-electron chi connectivity index (χ2n) is 6.21. The van der Waals surface area contributed by atoms with Gasteiger partial charge in [0.2, 0.25) is 5.91 Å². The third kappa shape index (κ3) is 4.35. The van der Waals surface area contributed by atoms with Crippen molar-refractivity contribution in [3.63, 3.8) is 0 Å². The number of halogens is 1. The molecule has 1 heterocycles. The Hall–Kier alpha value is -2.53. The highest BCUT2D eigenvalue weighted by Gasteiger charge is 2.22. The number of rotatable bonds is 4. The minimum atomic E-state index is -0.344. The largest absolute Gasteiger partial charge is 0.465 e. The number of amides is 1. The van der Waals surface area contributed by atoms with E-state index in [-0.39, 0.29) is 11.9 Å². The fourth-order valence-corrected chi connectivity index (χ4v) is 3.18. The van der Waals surface area contributed by atoms with Crippen molar-refractivity contribution in [1.82, 2.24) is 4.90 Å². The number of carbonyl (C=O) groups excluding carboxylic acids is 2. The predicted molar refractivity (Wildman–Crippen MR) is 102 cm³/mol. The molecule has 0 saturated carbocycles. The first kappa shape index (κ1) is 18.3. The van der Waals surface area contributed by atoms with Crippen molar-refractivity contribution in [3.05, 3.63) is 64.7 Å². The van der Waals surface area contributed by atoms with Crippen LogP contribution in [-0.4, -0.2) is 50.1 Å². The molecule has 0 spiro atoms. The maximum Gasteiger partial charge on any atom is 0.337 e. The zero-order valence-corrected chi connectivity index (χ0v) is 15.4. The summed E-state index contributed by atoms with van der Waals surface area (Å²) in [6.07, 6.45) is 0.384. The molecule has 1 amide bonds. The summed E-state index contributed by atoms with van der Waals surface area (Å²) in [5.74, 6) is -0.223. The first-order valence-corrected chi connectivity index (χ1v) is 8.90. The molecule has 3 rings (SSSR count). The van der Waals surface area contributed by atoms with E-state index >= 15 is 0 Å². The smallest absolute Gasteiger partial charge is 0.337 e. The Bertz CT molecular complexity index is 784. The number of nitrogens with zero attached hydrogens (tertiary/aromatic N) is 2. The quantitative estimate of drug-likeness (QED) is 0.774. The molecule has 6 heteroatoms. The molecule has 0 aliphatic carbocycles. The Labute approximate surface area is 158 Å². The molecular formula is C20H21ClN2O3. The zero-order chi connectivity index (χ0) is 18.5. The minimum Gasteiger partial charge on any atom is -0.465 e. The summed E-state index contributed by atoms with van der Waals surface area (Å²) in [6.45, 7) is 2.79. The summed E-state index contributed by atoms with van der Waals surface area (Å²) in [6, 6.07) is 14.8. The average molecular weight is 373 g/mol. The fourth-order valence-electron chi connectivity index (χ4n) is 3.05. The second kappa shape index (κ2) is 8.23. The van der Waals surface area contributed by atoms with Crippen LogP contribution in [0.2, 0.25) is 5.02 Å². The Morgan fingerprint density at radius 3 is 2.38 bits per heavy atom. The normalized spacial score (nSPS) is 14.2. The third-order valence-electron chi connectivity index (χ3n) is 4.53. The number of esters is 1. The van der Waals surface area contributed by atoms with Crippen molar-refractivity contribution >= 4 is 29.2 Å². The number of methoxy groups -OCH3 is 1. The lowest BCUT2D eigenvalue weighted by atomic mass is 10.1. The Balaban J connectivity index is 1.58. The van der Waals surface area contributed by atoms with Crippen LogP contribution in [0.4, 0.5) is 5.69 Å². The predicted octanol–water partition coefficient (Wildman–Crippen LogP) is 3.02. The monoisotopic (exact) mass is 372 g/mol. The fraction of sp³-hybridized carbons (Fsp3) is 0.300. The van der Waals surface area contributed by atoms with Crippen LogP contribution in [0.1, 0.15) is 15.9 Å². The van der Waals surface area contributed by atoms with Crippen LogP contribution in [-0.2, 0) is 16.0 Å². The number of piperazine rings is 1. The van der Waals surface area contributed by atoms with E-state index in [2.05, 4.69) is 4.90 Å². The lowest BCUT2D eigenvalue weighted by molar-refractivity contribution is -0.130. The van der Waals surface area contributed by atoms with Gasteiger partial charge in [0.25, 0.3) is 0 Å². The summed E-state index contributed by atoms with van der Waals surface area (Å²) < 4.78 is 4.77. The van der Waals surface area contributed by atoms with Crippen LogP contribution in [0.25, 0.3) is 0 Å². The van der Waals surface area contributed by atoms with Gasteiger partial charge in [-0.1, -0.05) is 29.8 Å². The van der Waals surface area contributed by atoms with Gasteiger partial charge in [0, 0.05) is 36.9 Å². The molecule has 26 heavy (non-hydrogen) atoms. The van der Waals surface area contributed by atoms with E-state index in [1.54, 1.807) is 18.2 Å². The topological polar surface area (TPSA) is 49.9 Å². The summed E-state index contributed by atoms with van der Waals surface area (Å²) in [7, 11) is 1.38. The number of benzene rings is 2. The summed E-state index contributed by atoms with van der Waals surface area (Å²) in [4.78, 5) is 28.2. The maximum atomic E-state index is 12.5. The summed E-state index contributed by atoms with van der Waals surface area (Å²) >= 11 is 5.88. The van der Waals surface area contributed by atoms with E-state index in [1.807, 2.05) is 35.2 Å². The molecule has 2 aromatic rings. The first-order valence-electron chi connectivity index (χ1n) is 8.52. The Kier molecular flexibility index (Phi) is 5.78. The molecule has 0 unspecified atom stereocenters. The highest BCUT2D eigenvalue weighted by molar-refractivity contribution is 6.30. The molecule has 1 aliphatic rings. The first-order chi connectivity index (χ1) is 12.6. The summed E-state index contributed by atoms with van der Waals surface area (Å²) in [5.41, 5.74) is 2.47. The average Bonchev–Trinajstić information content (AvgIpc) is 2.69. The van der Waals surface area contributed by atoms with Gasteiger partial charge in [-0.05, 0) is 35.9 Å². The van der Waals surface area contributed by atoms with Crippen LogP contribution in [0, 0.1) is 0 Å². The van der Waals surface area contributed by atoms with Gasteiger partial charge in [0.1, 0.15) is 0 Å². The van der Waals surface area contributed by atoms with Crippen LogP contribution < -0.4 is 4.90 Å². The van der Waals surface area contributed by atoms with Crippen LogP contribution in [0.5, 0.6) is 0 Å². The lowest BCUT2D eigenvalue weighted by Crippen LogP contribution is -2.49. The van der Waals surface area contributed by atoms with E-state index in [9.17, 15) is 9.59 Å². The Morgan fingerprint density at radius 1 is 1.04 bits per heavy atom. The van der Waals surface area contributed by atoms with E-state index in [0.717, 1.165) is 24.3 Å². The van der Waals surface area contributed by atoms with Gasteiger partial charge < -0.3 is 14.5 Å². The van der Waals surface area contributed by atoms with Crippen molar-refractivity contribution in [2.45, 2.75) is 6.42 Å². The number of carbonyl (C=O) groups is 2. The molecule has 0 radical (unpaired) electrons. The molecule has 0 aromatic heterocycles. The third-order valence-corrected chi connectivity index (χ3v) is 4.79. The van der Waals surface area contributed by atoms with Crippen LogP contribution in [0.15, 0.2) is 48.5 Å². The van der Waals surface area contributed by atoms with Gasteiger partial charge in [0.15, 0.2) is 0 Å². The highest BCUT2D eigenvalue weighted by Crippen LogP contribution is 2.19. The van der Waals surface area contributed by atoms with Crippen LogP contribution in [0.3, 0.4) is 0 Å². The summed E-state index contributed by atoms with van der Waals surface area (Å²) in [5, 5.41) is 0.670. The van der Waals surface area contributed by atoms with Crippen molar-refractivity contribution in [3.8, 4) is 0 Å². The van der Waals surface area contributed by atoms with E-state index in [1.165, 1.54) is 7.11 Å². The van der Waals surface area contributed by atoms with Gasteiger partial charge in [-0.3, -0.25) is 4.79 Å². The molecule has 0 atom stereocenters. The van der Waals surface area contributed by atoms with Crippen LogP contribution >= 0.6 is 11.6 Å². The SMILES string of the molecule is COC(=O)c1cccc(N2CCN(C(=O)Cc3ccc(Cl)cc3)CC2)c1. The van der Waals surface area contributed by atoms with Crippen molar-refractivity contribution in [2.75, 3.05) is 38.2 Å². The van der Waals surface area contributed by atoms with Gasteiger partial charge in [-0.15, -0.1) is 0 Å². The number of hydrogen-bond acceptors (Lipinski definition) is 4. The number of anilines is 1. The molecule has 0 N–H and O–H groups in total. The van der Waals surface area contributed by atoms with Crippen molar-refractivity contribution in [2.24, 2.45) is 0 Å². The molecule has 5 nitrogen and oxygen atoms in total.